The van der Waals surface area contributed by atoms with Crippen LogP contribution in [-0.4, -0.2) is 30.6 Å². The van der Waals surface area contributed by atoms with E-state index in [4.69, 9.17) is 0 Å². The van der Waals surface area contributed by atoms with Crippen LogP contribution in [0.25, 0.3) is 10.9 Å². The van der Waals surface area contributed by atoms with Crippen molar-refractivity contribution in [1.82, 2.24) is 4.98 Å². The van der Waals surface area contributed by atoms with Gasteiger partial charge in [-0.2, -0.15) is 0 Å². The van der Waals surface area contributed by atoms with Crippen LogP contribution < -0.4 is 0 Å². The van der Waals surface area contributed by atoms with Crippen molar-refractivity contribution in [2.24, 2.45) is 0 Å². The van der Waals surface area contributed by atoms with Crippen molar-refractivity contribution >= 4 is 29.4 Å². The third-order valence-electron chi connectivity index (χ3n) is 2.53. The lowest BCUT2D eigenvalue weighted by Crippen LogP contribution is -2.00. The molecule has 86 valence electrons. The van der Waals surface area contributed by atoms with Gasteiger partial charge in [-0.15, -0.1) is 0 Å². The van der Waals surface area contributed by atoms with E-state index in [9.17, 15) is 14.4 Å². The van der Waals surface area contributed by atoms with Crippen LogP contribution in [0.4, 0.5) is 0 Å². The lowest BCUT2D eigenvalue weighted by atomic mass is 10.1. The molecule has 0 aliphatic heterocycles. The van der Waals surface area contributed by atoms with E-state index in [1.54, 1.807) is 12.1 Å². The van der Waals surface area contributed by atoms with Gasteiger partial charge in [-0.25, -0.2) is 4.79 Å². The Kier molecular flexibility index (Phi) is 2.74. The molecule has 2 rings (SSSR count). The summed E-state index contributed by atoms with van der Waals surface area (Å²) in [6.07, 6.45) is 1.16. The number of aldehydes is 2. The molecule has 0 amide bonds. The van der Waals surface area contributed by atoms with E-state index in [-0.39, 0.29) is 11.3 Å². The van der Waals surface area contributed by atoms with E-state index in [1.165, 1.54) is 13.2 Å². The molecule has 0 spiro atoms. The van der Waals surface area contributed by atoms with Crippen molar-refractivity contribution < 1.29 is 19.1 Å². The van der Waals surface area contributed by atoms with Gasteiger partial charge >= 0.3 is 5.97 Å². The smallest absolute Gasteiger partial charge is 0.337 e. The third kappa shape index (κ3) is 1.71. The molecule has 1 N–H and O–H groups in total. The molecule has 1 aromatic carbocycles. The van der Waals surface area contributed by atoms with Crippen LogP contribution in [0.2, 0.25) is 0 Å². The lowest BCUT2D eigenvalue weighted by Gasteiger charge is -1.98. The van der Waals surface area contributed by atoms with Crippen molar-refractivity contribution in [1.29, 1.82) is 0 Å². The van der Waals surface area contributed by atoms with Gasteiger partial charge in [-0.1, -0.05) is 0 Å². The number of hydrogen-bond donors (Lipinski definition) is 1. The molecule has 0 saturated carbocycles. The predicted octanol–water partition coefficient (Wildman–Crippen LogP) is 1.58. The normalized spacial score (nSPS) is 10.2. The number of carbonyl (C=O) groups excluding carboxylic acids is 3. The number of carbonyl (C=O) groups is 3. The summed E-state index contributed by atoms with van der Waals surface area (Å²) in [5, 5.41) is 0.532. The molecule has 1 aromatic heterocycles. The highest BCUT2D eigenvalue weighted by Crippen LogP contribution is 2.21. The molecule has 5 nitrogen and oxygen atoms in total. The number of esters is 1. The van der Waals surface area contributed by atoms with Gasteiger partial charge in [0.2, 0.25) is 0 Å². The van der Waals surface area contributed by atoms with E-state index >= 15 is 0 Å². The quantitative estimate of drug-likeness (QED) is 0.642. The molecule has 1 heterocycles. The first-order valence-corrected chi connectivity index (χ1v) is 4.85. The lowest BCUT2D eigenvalue weighted by molar-refractivity contribution is 0.0600. The molecule has 0 unspecified atom stereocenters. The monoisotopic (exact) mass is 231 g/mol. The van der Waals surface area contributed by atoms with Crippen molar-refractivity contribution in [2.45, 2.75) is 0 Å². The first-order chi connectivity index (χ1) is 8.21. The van der Waals surface area contributed by atoms with Gasteiger partial charge in [0.1, 0.15) is 0 Å². The molecule has 0 bridgehead atoms. The highest BCUT2D eigenvalue weighted by atomic mass is 16.5. The number of H-pyrrole nitrogens is 1. The molecule has 2 aromatic rings. The minimum Gasteiger partial charge on any atom is -0.465 e. The molecule has 0 radical (unpaired) electrons. The summed E-state index contributed by atoms with van der Waals surface area (Å²) in [7, 11) is 1.28. The molecule has 17 heavy (non-hydrogen) atoms. The number of fused-ring (bicyclic) bond motifs is 1. The molecular formula is C12H9NO4. The number of nitrogens with one attached hydrogen (secondary N) is 1. The average Bonchev–Trinajstić information content (AvgIpc) is 2.74. The molecule has 0 aliphatic rings. The fraction of sp³-hybridized carbons (Fsp3) is 0.0833. The second-order valence-electron chi connectivity index (χ2n) is 3.44. The van der Waals surface area contributed by atoms with Gasteiger partial charge < -0.3 is 9.72 Å². The second-order valence-corrected chi connectivity index (χ2v) is 3.44. The molecule has 0 atom stereocenters. The number of benzene rings is 1. The maximum Gasteiger partial charge on any atom is 0.337 e. The van der Waals surface area contributed by atoms with Gasteiger partial charge in [0, 0.05) is 10.9 Å². The predicted molar refractivity (Wildman–Crippen MR) is 60.4 cm³/mol. The van der Waals surface area contributed by atoms with E-state index < -0.39 is 5.97 Å². The Morgan fingerprint density at radius 3 is 2.65 bits per heavy atom. The summed E-state index contributed by atoms with van der Waals surface area (Å²) >= 11 is 0. The maximum atomic E-state index is 11.3. The largest absolute Gasteiger partial charge is 0.465 e. The minimum atomic E-state index is -0.488. The average molecular weight is 231 g/mol. The van der Waals surface area contributed by atoms with Crippen LogP contribution in [0, 0.1) is 0 Å². The van der Waals surface area contributed by atoms with Crippen molar-refractivity contribution in [2.75, 3.05) is 7.11 Å². The number of aromatic nitrogens is 1. The minimum absolute atomic E-state index is 0.206. The highest BCUT2D eigenvalue weighted by molar-refractivity contribution is 6.06. The standard InChI is InChI=1S/C12H9NO4/c1-17-12(16)7-2-3-10-8(4-7)9(5-14)11(6-15)13-10/h2-6,13H,1H3. The zero-order valence-corrected chi connectivity index (χ0v) is 9.02. The van der Waals surface area contributed by atoms with E-state index in [0.717, 1.165) is 0 Å². The Balaban J connectivity index is 2.71. The Bertz CT molecular complexity index is 612. The fourth-order valence-electron chi connectivity index (χ4n) is 1.70. The maximum absolute atomic E-state index is 11.3. The number of rotatable bonds is 3. The fourth-order valence-corrected chi connectivity index (χ4v) is 1.70. The summed E-state index contributed by atoms with van der Waals surface area (Å²) in [6, 6.07) is 4.71. The zero-order chi connectivity index (χ0) is 12.4. The van der Waals surface area contributed by atoms with Crippen LogP contribution >= 0.6 is 0 Å². The Morgan fingerprint density at radius 1 is 1.29 bits per heavy atom. The molecular weight excluding hydrogens is 222 g/mol. The van der Waals surface area contributed by atoms with Crippen LogP contribution in [0.5, 0.6) is 0 Å². The van der Waals surface area contributed by atoms with Gasteiger partial charge in [0.15, 0.2) is 12.6 Å². The third-order valence-corrected chi connectivity index (χ3v) is 2.53. The summed E-state index contributed by atoms with van der Waals surface area (Å²) in [4.78, 5) is 35.8. The SMILES string of the molecule is COC(=O)c1ccc2[nH]c(C=O)c(C=O)c2c1. The molecule has 0 aliphatic carbocycles. The van der Waals surface area contributed by atoms with E-state index in [1.807, 2.05) is 0 Å². The molecule has 0 fully saturated rings. The van der Waals surface area contributed by atoms with Crippen LogP contribution in [0.15, 0.2) is 18.2 Å². The van der Waals surface area contributed by atoms with Crippen LogP contribution in [-0.2, 0) is 4.74 Å². The number of hydrogen-bond acceptors (Lipinski definition) is 4. The topological polar surface area (TPSA) is 76.2 Å². The summed E-state index contributed by atoms with van der Waals surface area (Å²) in [5.41, 5.74) is 1.42. The Labute approximate surface area is 96.4 Å². The van der Waals surface area contributed by atoms with Crippen molar-refractivity contribution in [3.8, 4) is 0 Å². The van der Waals surface area contributed by atoms with Gasteiger partial charge in [0.25, 0.3) is 0 Å². The van der Waals surface area contributed by atoms with Gasteiger partial charge in [0.05, 0.1) is 23.9 Å². The first kappa shape index (κ1) is 11.1. The number of aromatic amines is 1. The van der Waals surface area contributed by atoms with Gasteiger partial charge in [-0.05, 0) is 18.2 Å². The van der Waals surface area contributed by atoms with E-state index in [2.05, 4.69) is 9.72 Å². The Morgan fingerprint density at radius 2 is 2.06 bits per heavy atom. The van der Waals surface area contributed by atoms with Crippen LogP contribution in [0.1, 0.15) is 31.2 Å². The van der Waals surface area contributed by atoms with Crippen molar-refractivity contribution in [3.63, 3.8) is 0 Å². The van der Waals surface area contributed by atoms with Crippen LogP contribution in [0.3, 0.4) is 0 Å². The van der Waals surface area contributed by atoms with E-state index in [0.29, 0.717) is 29.0 Å². The number of methoxy groups -OCH3 is 1. The summed E-state index contributed by atoms with van der Waals surface area (Å²) in [6.45, 7) is 0. The number of ether oxygens (including phenoxy) is 1. The summed E-state index contributed by atoms with van der Waals surface area (Å²) in [5.74, 6) is -0.488. The second kappa shape index (κ2) is 4.21. The molecule has 0 saturated heterocycles. The Hall–Kier alpha value is -2.43. The summed E-state index contributed by atoms with van der Waals surface area (Å²) < 4.78 is 4.58. The van der Waals surface area contributed by atoms with Crippen molar-refractivity contribution in [3.05, 3.63) is 35.0 Å². The van der Waals surface area contributed by atoms with Gasteiger partial charge in [-0.3, -0.25) is 9.59 Å². The first-order valence-electron chi connectivity index (χ1n) is 4.85. The molecule has 5 heteroatoms. The highest BCUT2D eigenvalue weighted by Gasteiger charge is 2.13. The zero-order valence-electron chi connectivity index (χ0n) is 9.02.